The molecule has 0 radical (unpaired) electrons. The summed E-state index contributed by atoms with van der Waals surface area (Å²) in [6, 6.07) is 26.0. The highest BCUT2D eigenvalue weighted by Gasteiger charge is 2.45. The molecule has 0 spiro atoms. The van der Waals surface area contributed by atoms with Gasteiger partial charge in [0.1, 0.15) is 11.4 Å². The molecule has 2 aliphatic rings. The molecule has 0 aliphatic carbocycles. The summed E-state index contributed by atoms with van der Waals surface area (Å²) in [4.78, 5) is 26.8. The van der Waals surface area contributed by atoms with E-state index in [1.165, 1.54) is 45.8 Å². The Kier molecular flexibility index (Phi) is 10.5. The summed E-state index contributed by atoms with van der Waals surface area (Å²) in [5, 5.41) is 15.9. The van der Waals surface area contributed by atoms with Gasteiger partial charge in [0.15, 0.2) is 5.71 Å². The zero-order chi connectivity index (χ0) is 41.7. The molecule has 5 aromatic carbocycles. The summed E-state index contributed by atoms with van der Waals surface area (Å²) in [6.07, 6.45) is 8.97. The van der Waals surface area contributed by atoms with E-state index in [4.69, 9.17) is 0 Å². The number of carbonyl (C=O) groups is 2. The third-order valence-electron chi connectivity index (χ3n) is 11.7. The van der Waals surface area contributed by atoms with Crippen LogP contribution < -0.4 is 10.2 Å². The lowest BCUT2D eigenvalue weighted by atomic mass is 9.78. The lowest BCUT2D eigenvalue weighted by Crippen LogP contribution is -2.27. The lowest BCUT2D eigenvalue weighted by molar-refractivity contribution is -0.433. The minimum Gasteiger partial charge on any atom is -0.478 e. The first-order valence-corrected chi connectivity index (χ1v) is 21.1. The molecule has 1 amide bonds. The van der Waals surface area contributed by atoms with E-state index in [1.807, 2.05) is 24.3 Å². The molecular formula is C48H50N3O6S+. The second kappa shape index (κ2) is 15.2. The first kappa shape index (κ1) is 40.4. The molecule has 2 heterocycles. The molecule has 0 aromatic heterocycles. The fraction of sp³-hybridized carbons (Fsp3) is 0.271. The number of carboxylic acids is 1. The van der Waals surface area contributed by atoms with Crippen molar-refractivity contribution in [2.75, 3.05) is 23.3 Å². The first-order valence-electron chi connectivity index (χ1n) is 19.7. The zero-order valence-corrected chi connectivity index (χ0v) is 34.9. The van der Waals surface area contributed by atoms with Gasteiger partial charge in [0.05, 0.1) is 11.0 Å². The van der Waals surface area contributed by atoms with Gasteiger partial charge in [0, 0.05) is 58.5 Å². The van der Waals surface area contributed by atoms with Crippen LogP contribution >= 0.6 is 0 Å². The lowest BCUT2D eigenvalue weighted by Gasteiger charge is -2.26. The number of carbonyl (C=O) groups excluding carboxylic acids is 1. The predicted molar refractivity (Wildman–Crippen MR) is 234 cm³/mol. The fourth-order valence-corrected chi connectivity index (χ4v) is 9.70. The van der Waals surface area contributed by atoms with E-state index >= 15 is 0 Å². The molecule has 298 valence electrons. The van der Waals surface area contributed by atoms with E-state index in [0.717, 1.165) is 40.2 Å². The number of nitrogens with one attached hydrogen (secondary N) is 1. The second-order valence-corrected chi connectivity index (χ2v) is 17.5. The quantitative estimate of drug-likeness (QED) is 0.0690. The maximum Gasteiger partial charge on any atom is 0.335 e. The van der Waals surface area contributed by atoms with Crippen molar-refractivity contribution in [3.63, 3.8) is 0 Å². The van der Waals surface area contributed by atoms with Gasteiger partial charge in [-0.3, -0.25) is 9.35 Å². The number of anilines is 2. The van der Waals surface area contributed by atoms with Crippen LogP contribution in [0.15, 0.2) is 125 Å². The molecule has 58 heavy (non-hydrogen) atoms. The Balaban J connectivity index is 1.30. The van der Waals surface area contributed by atoms with Crippen molar-refractivity contribution in [2.45, 2.75) is 77.0 Å². The van der Waals surface area contributed by atoms with Crippen LogP contribution in [0.25, 0.3) is 21.5 Å². The molecule has 3 N–H and O–H groups in total. The van der Waals surface area contributed by atoms with Crippen LogP contribution in [0.4, 0.5) is 17.1 Å². The van der Waals surface area contributed by atoms with Crippen molar-refractivity contribution in [2.24, 2.45) is 0 Å². The van der Waals surface area contributed by atoms with E-state index in [0.29, 0.717) is 24.0 Å². The highest BCUT2D eigenvalue weighted by Crippen LogP contribution is 2.52. The molecule has 0 saturated heterocycles. The van der Waals surface area contributed by atoms with E-state index in [2.05, 4.69) is 112 Å². The minimum atomic E-state index is -4.51. The van der Waals surface area contributed by atoms with E-state index < -0.39 is 21.5 Å². The Morgan fingerprint density at radius 2 is 1.59 bits per heavy atom. The molecule has 0 atom stereocenters. The Labute approximate surface area is 340 Å². The summed E-state index contributed by atoms with van der Waals surface area (Å²) in [7, 11) is -4.51. The Morgan fingerprint density at radius 1 is 0.862 bits per heavy atom. The topological polar surface area (TPSA) is 127 Å². The maximum atomic E-state index is 13.4. The molecule has 0 bridgehead atoms. The van der Waals surface area contributed by atoms with Crippen molar-refractivity contribution < 1.29 is 32.2 Å². The van der Waals surface area contributed by atoms with E-state index in [-0.39, 0.29) is 28.2 Å². The maximum absolute atomic E-state index is 13.4. The number of amides is 1. The Morgan fingerprint density at radius 3 is 2.26 bits per heavy atom. The van der Waals surface area contributed by atoms with Crippen LogP contribution in [0.2, 0.25) is 0 Å². The monoisotopic (exact) mass is 796 g/mol. The van der Waals surface area contributed by atoms with Gasteiger partial charge in [0.25, 0.3) is 10.1 Å². The van der Waals surface area contributed by atoms with Crippen molar-refractivity contribution >= 4 is 66.3 Å². The van der Waals surface area contributed by atoms with Crippen LogP contribution in [-0.4, -0.2) is 53.3 Å². The average Bonchev–Trinajstić information content (AvgIpc) is 3.54. The minimum absolute atomic E-state index is 0.115. The molecule has 7 rings (SSSR count). The molecule has 9 nitrogen and oxygen atoms in total. The van der Waals surface area contributed by atoms with Gasteiger partial charge < -0.3 is 15.3 Å². The SMILES string of the molecule is CCN1/C(=C/C=C(/C=C/C2=[N+](CC)c3ccc4cc(C)ccc4c3C2(C)C)CCC(=O)Nc2ccc(C(=O)O)cc2)C(C)(C)c2c1ccc1cccc(S(=O)(=O)O)c21. The third-order valence-corrected chi connectivity index (χ3v) is 12.6. The normalized spacial score (nSPS) is 16.8. The van der Waals surface area contributed by atoms with Crippen molar-refractivity contribution in [1.29, 1.82) is 0 Å². The smallest absolute Gasteiger partial charge is 0.335 e. The number of allylic oxidation sites excluding steroid dienone is 6. The number of aryl methyl sites for hydroxylation is 1. The van der Waals surface area contributed by atoms with Crippen LogP contribution in [0.1, 0.15) is 81.4 Å². The third kappa shape index (κ3) is 7.16. The first-order chi connectivity index (χ1) is 27.5. The van der Waals surface area contributed by atoms with Gasteiger partial charge in [0.2, 0.25) is 11.6 Å². The van der Waals surface area contributed by atoms with Gasteiger partial charge in [-0.15, -0.1) is 0 Å². The van der Waals surface area contributed by atoms with Gasteiger partial charge >= 0.3 is 5.97 Å². The van der Waals surface area contributed by atoms with Crippen LogP contribution in [0.3, 0.4) is 0 Å². The summed E-state index contributed by atoms with van der Waals surface area (Å²) in [5.41, 5.74) is 8.08. The molecule has 5 aromatic rings. The highest BCUT2D eigenvalue weighted by atomic mass is 32.2. The highest BCUT2D eigenvalue weighted by molar-refractivity contribution is 7.86. The number of nitrogens with zero attached hydrogens (tertiary/aromatic N) is 2. The van der Waals surface area contributed by atoms with Crippen molar-refractivity contribution in [3.8, 4) is 0 Å². The zero-order valence-electron chi connectivity index (χ0n) is 34.1. The van der Waals surface area contributed by atoms with Gasteiger partial charge in [-0.25, -0.2) is 4.79 Å². The molecule has 0 fully saturated rings. The van der Waals surface area contributed by atoms with Gasteiger partial charge in [-0.05, 0) is 117 Å². The summed E-state index contributed by atoms with van der Waals surface area (Å²) >= 11 is 0. The van der Waals surface area contributed by atoms with E-state index in [9.17, 15) is 27.7 Å². The second-order valence-electron chi connectivity index (χ2n) is 16.2. The Hall–Kier alpha value is -5.84. The number of aromatic carboxylic acids is 1. The van der Waals surface area contributed by atoms with Crippen LogP contribution in [0, 0.1) is 6.92 Å². The van der Waals surface area contributed by atoms with Gasteiger partial charge in [-0.2, -0.15) is 13.0 Å². The standard InChI is InChI=1S/C48H49N3O6S/c1-8-50-37-25-20-34-29-30(3)13-23-36(34)44(37)47(4,5)40(50)26-14-31(16-28-42(52)49-35-21-17-33(18-22-35)46(53)54)15-27-41-48(6,7)45-38(51(41)9-2)24-19-32-11-10-12-39(43(32)45)58(55,56)57/h10-15,17-27,29H,8-9,16,28H2,1-7H3,(H2-,49,52,53,54,55,56,57)/p+1. The van der Waals surface area contributed by atoms with Crippen molar-refractivity contribution in [1.82, 2.24) is 0 Å². The summed E-state index contributed by atoms with van der Waals surface area (Å²) in [5.74, 6) is -1.24. The summed E-state index contributed by atoms with van der Waals surface area (Å²) in [6.45, 7) is 16.4. The van der Waals surface area contributed by atoms with Crippen LogP contribution in [0.5, 0.6) is 0 Å². The number of rotatable bonds is 11. The van der Waals surface area contributed by atoms with Crippen LogP contribution in [-0.2, 0) is 25.7 Å². The number of hydrogen-bond donors (Lipinski definition) is 3. The van der Waals surface area contributed by atoms with E-state index in [1.54, 1.807) is 18.2 Å². The number of carboxylic acid groups (broad SMARTS) is 1. The Bertz CT molecular complexity index is 2760. The number of likely N-dealkylation sites (N-methyl/N-ethyl adjacent to an activating group) is 1. The van der Waals surface area contributed by atoms with Gasteiger partial charge in [-0.1, -0.05) is 68.0 Å². The molecule has 0 saturated carbocycles. The number of benzene rings is 5. The molecule has 10 heteroatoms. The molecular weight excluding hydrogens is 747 g/mol. The fourth-order valence-electron chi connectivity index (χ4n) is 8.97. The number of fused-ring (bicyclic) bond motifs is 6. The predicted octanol–water partition coefficient (Wildman–Crippen LogP) is 10.2. The average molecular weight is 797 g/mol. The molecule has 0 unspecified atom stereocenters. The largest absolute Gasteiger partial charge is 0.478 e. The number of hydrogen-bond acceptors (Lipinski definition) is 5. The van der Waals surface area contributed by atoms with Crippen molar-refractivity contribution in [3.05, 3.63) is 143 Å². The summed E-state index contributed by atoms with van der Waals surface area (Å²) < 4.78 is 38.0. The molecule has 2 aliphatic heterocycles.